The monoisotopic (exact) mass is 328 g/mol. The summed E-state index contributed by atoms with van der Waals surface area (Å²) in [7, 11) is 0. The van der Waals surface area contributed by atoms with Crippen LogP contribution in [0.2, 0.25) is 0 Å². The minimum atomic E-state index is 0.362. The number of aryl methyl sites for hydroxylation is 1. The number of rotatable bonds is 6. The fraction of sp³-hybridized carbons (Fsp3) is 0.294. The van der Waals surface area contributed by atoms with Gasteiger partial charge in [0.2, 0.25) is 11.0 Å². The van der Waals surface area contributed by atoms with Crippen molar-refractivity contribution >= 4 is 11.0 Å². The summed E-state index contributed by atoms with van der Waals surface area (Å²) in [5.74, 6) is 1.15. The Balaban J connectivity index is 2.07. The van der Waals surface area contributed by atoms with Crippen molar-refractivity contribution < 1.29 is 14.3 Å². The van der Waals surface area contributed by atoms with Gasteiger partial charge in [0.15, 0.2) is 11.5 Å². The maximum atomic E-state index is 12.5. The zero-order valence-corrected chi connectivity index (χ0v) is 13.7. The highest BCUT2D eigenvalue weighted by Gasteiger charge is 2.18. The lowest BCUT2D eigenvalue weighted by molar-refractivity contribution is -0.664. The second-order valence-electron chi connectivity index (χ2n) is 5.36. The Morgan fingerprint density at radius 1 is 1.17 bits per heavy atom. The molecule has 3 aromatic rings. The van der Waals surface area contributed by atoms with Crippen molar-refractivity contribution in [2.75, 3.05) is 19.8 Å². The van der Waals surface area contributed by atoms with Crippen LogP contribution in [0.3, 0.4) is 0 Å². The third-order valence-electron chi connectivity index (χ3n) is 3.55. The highest BCUT2D eigenvalue weighted by Crippen LogP contribution is 2.29. The standard InChI is InChI=1S/C17H20N4O3/c1-3-23-16-7-5-13(11-17(16)24-9-8-18)20-19-14-6-4-12(2)10-15(14)21(20)22/h4-7,10-11H,3,8-9,18H2,1-2H3. The van der Waals surface area contributed by atoms with Crippen LogP contribution in [0.4, 0.5) is 0 Å². The molecule has 0 bridgehead atoms. The molecule has 0 unspecified atom stereocenters. The smallest absolute Gasteiger partial charge is 0.250 e. The van der Waals surface area contributed by atoms with Crippen LogP contribution in [-0.4, -0.2) is 29.7 Å². The van der Waals surface area contributed by atoms with E-state index in [0.29, 0.717) is 48.0 Å². The highest BCUT2D eigenvalue weighted by atomic mass is 16.5. The number of benzene rings is 2. The Bertz CT molecular complexity index is 860. The number of fused-ring (bicyclic) bond motifs is 1. The highest BCUT2D eigenvalue weighted by molar-refractivity contribution is 5.71. The fourth-order valence-electron chi connectivity index (χ4n) is 2.46. The summed E-state index contributed by atoms with van der Waals surface area (Å²) >= 11 is 0. The van der Waals surface area contributed by atoms with E-state index in [-0.39, 0.29) is 0 Å². The summed E-state index contributed by atoms with van der Waals surface area (Å²) in [5, 5.41) is 16.9. The second kappa shape index (κ2) is 6.76. The zero-order chi connectivity index (χ0) is 17.1. The summed E-state index contributed by atoms with van der Waals surface area (Å²) in [6.45, 7) is 5.11. The maximum Gasteiger partial charge on any atom is 0.250 e. The molecule has 0 spiro atoms. The minimum Gasteiger partial charge on any atom is -0.692 e. The van der Waals surface area contributed by atoms with Gasteiger partial charge >= 0.3 is 0 Å². The SMILES string of the molecule is CCOc1ccc(-n2nc3ccc(C)cc3[n+]2[O-])cc1OCCN. The molecule has 0 atom stereocenters. The molecule has 126 valence electrons. The maximum absolute atomic E-state index is 12.5. The van der Waals surface area contributed by atoms with E-state index in [4.69, 9.17) is 15.2 Å². The Morgan fingerprint density at radius 2 is 2.00 bits per heavy atom. The number of aromatic nitrogens is 3. The van der Waals surface area contributed by atoms with E-state index in [2.05, 4.69) is 5.10 Å². The first-order chi connectivity index (χ1) is 11.6. The van der Waals surface area contributed by atoms with Crippen molar-refractivity contribution in [3.8, 4) is 17.2 Å². The molecule has 0 radical (unpaired) electrons. The van der Waals surface area contributed by atoms with Crippen LogP contribution in [0.1, 0.15) is 12.5 Å². The van der Waals surface area contributed by atoms with Crippen molar-refractivity contribution in [3.63, 3.8) is 0 Å². The van der Waals surface area contributed by atoms with Crippen LogP contribution in [0.25, 0.3) is 16.7 Å². The number of hydrogen-bond acceptors (Lipinski definition) is 5. The van der Waals surface area contributed by atoms with Crippen molar-refractivity contribution in [2.24, 2.45) is 5.73 Å². The summed E-state index contributed by atoms with van der Waals surface area (Å²) in [6, 6.07) is 10.8. The summed E-state index contributed by atoms with van der Waals surface area (Å²) < 4.78 is 11.2. The largest absolute Gasteiger partial charge is 0.692 e. The molecule has 3 rings (SSSR count). The fourth-order valence-corrected chi connectivity index (χ4v) is 2.46. The molecule has 2 aromatic carbocycles. The number of hydrogen-bond donors (Lipinski definition) is 1. The Kier molecular flexibility index (Phi) is 4.52. The average molecular weight is 328 g/mol. The van der Waals surface area contributed by atoms with Crippen molar-refractivity contribution in [3.05, 3.63) is 47.2 Å². The van der Waals surface area contributed by atoms with Gasteiger partial charge in [0, 0.05) is 12.6 Å². The van der Waals surface area contributed by atoms with Gasteiger partial charge in [-0.3, -0.25) is 0 Å². The lowest BCUT2D eigenvalue weighted by atomic mass is 10.2. The van der Waals surface area contributed by atoms with Gasteiger partial charge in [0.1, 0.15) is 12.3 Å². The van der Waals surface area contributed by atoms with E-state index in [1.807, 2.05) is 32.0 Å². The van der Waals surface area contributed by atoms with Gasteiger partial charge < -0.3 is 20.4 Å². The molecule has 0 aliphatic carbocycles. The molecule has 0 aliphatic rings. The summed E-state index contributed by atoms with van der Waals surface area (Å²) in [5.41, 5.74) is 8.25. The molecule has 0 saturated carbocycles. The van der Waals surface area contributed by atoms with Gasteiger partial charge in [-0.25, -0.2) is 0 Å². The lowest BCUT2D eigenvalue weighted by Crippen LogP contribution is -2.37. The molecule has 0 aliphatic heterocycles. The van der Waals surface area contributed by atoms with E-state index >= 15 is 0 Å². The van der Waals surface area contributed by atoms with E-state index in [0.717, 1.165) is 10.4 Å². The first-order valence-corrected chi connectivity index (χ1v) is 7.83. The molecule has 7 heteroatoms. The molecular formula is C17H20N4O3. The molecule has 2 N–H and O–H groups in total. The summed E-state index contributed by atoms with van der Waals surface area (Å²) in [4.78, 5) is 2.07. The Hall–Kier alpha value is -2.80. The van der Waals surface area contributed by atoms with E-state index < -0.39 is 0 Å². The minimum absolute atomic E-state index is 0.362. The van der Waals surface area contributed by atoms with Crippen LogP contribution in [0.15, 0.2) is 36.4 Å². The molecular weight excluding hydrogens is 308 g/mol. The Morgan fingerprint density at radius 3 is 2.75 bits per heavy atom. The molecule has 7 nitrogen and oxygen atoms in total. The van der Waals surface area contributed by atoms with E-state index in [1.165, 1.54) is 4.80 Å². The first kappa shape index (κ1) is 16.1. The molecule has 24 heavy (non-hydrogen) atoms. The molecule has 1 heterocycles. The van der Waals surface area contributed by atoms with Crippen LogP contribution in [0, 0.1) is 12.1 Å². The van der Waals surface area contributed by atoms with Crippen LogP contribution in [0.5, 0.6) is 11.5 Å². The van der Waals surface area contributed by atoms with Crippen LogP contribution >= 0.6 is 0 Å². The number of ether oxygens (including phenoxy) is 2. The average Bonchev–Trinajstić information content (AvgIpc) is 2.91. The predicted molar refractivity (Wildman–Crippen MR) is 90.5 cm³/mol. The van der Waals surface area contributed by atoms with Crippen molar-refractivity contribution in [1.82, 2.24) is 9.90 Å². The molecule has 0 fully saturated rings. The van der Waals surface area contributed by atoms with Gasteiger partial charge in [-0.1, -0.05) is 6.07 Å². The predicted octanol–water partition coefficient (Wildman–Crippen LogP) is 1.70. The summed E-state index contributed by atoms with van der Waals surface area (Å²) in [6.07, 6.45) is 0. The van der Waals surface area contributed by atoms with Crippen LogP contribution < -0.4 is 20.1 Å². The zero-order valence-electron chi connectivity index (χ0n) is 13.7. The van der Waals surface area contributed by atoms with Crippen LogP contribution in [-0.2, 0) is 0 Å². The first-order valence-electron chi connectivity index (χ1n) is 7.83. The van der Waals surface area contributed by atoms with E-state index in [1.54, 1.807) is 18.2 Å². The van der Waals surface area contributed by atoms with Crippen molar-refractivity contribution in [2.45, 2.75) is 13.8 Å². The molecule has 0 amide bonds. The van der Waals surface area contributed by atoms with Gasteiger partial charge in [0.25, 0.3) is 0 Å². The normalized spacial score (nSPS) is 11.0. The quantitative estimate of drug-likeness (QED) is 0.549. The number of nitrogens with two attached hydrogens (primary N) is 1. The third kappa shape index (κ3) is 2.98. The topological polar surface area (TPSA) is 89.2 Å². The number of nitrogens with zero attached hydrogens (tertiary/aromatic N) is 3. The van der Waals surface area contributed by atoms with Gasteiger partial charge in [-0.05, 0) is 48.5 Å². The third-order valence-corrected chi connectivity index (χ3v) is 3.55. The van der Waals surface area contributed by atoms with Gasteiger partial charge in [-0.2, -0.15) is 0 Å². The van der Waals surface area contributed by atoms with Gasteiger partial charge in [-0.15, -0.1) is 4.85 Å². The van der Waals surface area contributed by atoms with Gasteiger partial charge in [0.05, 0.1) is 11.7 Å². The molecule has 0 saturated heterocycles. The van der Waals surface area contributed by atoms with E-state index in [9.17, 15) is 5.21 Å². The van der Waals surface area contributed by atoms with Crippen molar-refractivity contribution in [1.29, 1.82) is 0 Å². The second-order valence-corrected chi connectivity index (χ2v) is 5.36. The lowest BCUT2D eigenvalue weighted by Gasteiger charge is -2.12. The Labute approximate surface area is 139 Å². The molecule has 1 aromatic heterocycles.